The van der Waals surface area contributed by atoms with E-state index in [1.807, 2.05) is 13.0 Å². The van der Waals surface area contributed by atoms with Crippen LogP contribution in [0.3, 0.4) is 0 Å². The Hall–Kier alpha value is -3.17. The molecule has 4 aromatic rings. The molecule has 0 aliphatic heterocycles. The van der Waals surface area contributed by atoms with Gasteiger partial charge in [-0.1, -0.05) is 19.4 Å². The third-order valence-corrected chi connectivity index (χ3v) is 6.31. The second-order valence-electron chi connectivity index (χ2n) is 7.53. The maximum atomic E-state index is 13.6. The molecule has 166 valence electrons. The third kappa shape index (κ3) is 5.00. The third-order valence-electron chi connectivity index (χ3n) is 5.25. The van der Waals surface area contributed by atoms with E-state index in [1.54, 1.807) is 35.9 Å². The molecule has 3 N–H and O–H groups in total. The predicted octanol–water partition coefficient (Wildman–Crippen LogP) is 5.16. The molecule has 0 radical (unpaired) electrons. The van der Waals surface area contributed by atoms with Crippen LogP contribution in [-0.4, -0.2) is 38.2 Å². The number of aromatic nitrogens is 4. The molecule has 0 bridgehead atoms. The number of rotatable bonds is 9. The van der Waals surface area contributed by atoms with Gasteiger partial charge in [-0.3, -0.25) is 4.98 Å². The zero-order valence-corrected chi connectivity index (χ0v) is 18.8. The summed E-state index contributed by atoms with van der Waals surface area (Å²) in [5.41, 5.74) is 2.97. The number of pyridine rings is 1. The number of aliphatic hydroxyl groups excluding tert-OH is 1. The topological polar surface area (TPSA) is 95.8 Å². The highest BCUT2D eigenvalue weighted by Crippen LogP contribution is 2.36. The van der Waals surface area contributed by atoms with Gasteiger partial charge < -0.3 is 15.7 Å². The molecule has 7 nitrogen and oxygen atoms in total. The maximum Gasteiger partial charge on any atom is 0.229 e. The highest BCUT2D eigenvalue weighted by molar-refractivity contribution is 7.21. The van der Waals surface area contributed by atoms with Crippen LogP contribution in [0, 0.1) is 18.7 Å². The van der Waals surface area contributed by atoms with Gasteiger partial charge in [0.15, 0.2) is 0 Å². The molecule has 3 aromatic heterocycles. The van der Waals surface area contributed by atoms with E-state index in [-0.39, 0.29) is 18.3 Å². The van der Waals surface area contributed by atoms with Crippen LogP contribution in [0.4, 0.5) is 21.8 Å². The molecule has 0 amide bonds. The first-order valence-corrected chi connectivity index (χ1v) is 11.4. The molecular weight excluding hydrogens is 427 g/mol. The van der Waals surface area contributed by atoms with Gasteiger partial charge in [-0.15, -0.1) is 11.3 Å². The molecule has 9 heteroatoms. The van der Waals surface area contributed by atoms with E-state index in [0.29, 0.717) is 24.0 Å². The van der Waals surface area contributed by atoms with Crippen molar-refractivity contribution < 1.29 is 9.50 Å². The summed E-state index contributed by atoms with van der Waals surface area (Å²) < 4.78 is 14.6. The fourth-order valence-electron chi connectivity index (χ4n) is 3.41. The summed E-state index contributed by atoms with van der Waals surface area (Å²) in [7, 11) is 0. The summed E-state index contributed by atoms with van der Waals surface area (Å²) in [5, 5.41) is 16.8. The van der Waals surface area contributed by atoms with Gasteiger partial charge in [-0.25, -0.2) is 14.4 Å². The largest absolute Gasteiger partial charge is 0.396 e. The van der Waals surface area contributed by atoms with Crippen LogP contribution >= 0.6 is 11.3 Å². The normalized spacial score (nSPS) is 12.1. The van der Waals surface area contributed by atoms with Crippen LogP contribution in [-0.2, 0) is 0 Å². The van der Waals surface area contributed by atoms with E-state index in [1.165, 1.54) is 12.1 Å². The Kier molecular flexibility index (Phi) is 6.87. The first-order chi connectivity index (χ1) is 15.6. The molecule has 0 saturated heterocycles. The van der Waals surface area contributed by atoms with E-state index < -0.39 is 0 Å². The number of hydrogen-bond acceptors (Lipinski definition) is 8. The lowest BCUT2D eigenvalue weighted by atomic mass is 10.0. The predicted molar refractivity (Wildman–Crippen MR) is 127 cm³/mol. The van der Waals surface area contributed by atoms with Gasteiger partial charge in [-0.05, 0) is 43.5 Å². The highest BCUT2D eigenvalue weighted by Gasteiger charge is 2.18. The molecule has 0 saturated carbocycles. The summed E-state index contributed by atoms with van der Waals surface area (Å²) in [6, 6.07) is 8.12. The molecule has 1 aromatic carbocycles. The number of thiazole rings is 1. The Balaban J connectivity index is 1.69. The lowest BCUT2D eigenvalue weighted by molar-refractivity contribution is 0.217. The number of aryl methyl sites for hydroxylation is 1. The van der Waals surface area contributed by atoms with Crippen molar-refractivity contribution in [1.82, 2.24) is 19.9 Å². The van der Waals surface area contributed by atoms with Crippen LogP contribution < -0.4 is 10.6 Å². The standard InChI is InChI=1S/C23H25FN6OS/c1-3-15(13-31)7-10-26-21-20(22-29-18-12-25-9-8-19(18)32-22)14(2)27-23(30-21)28-17-6-4-5-16(24)11-17/h4-6,8-9,11-12,15,31H,3,7,10,13H2,1-2H3,(H2,26,27,28,30). The van der Waals surface area contributed by atoms with Crippen LogP contribution in [0.2, 0.25) is 0 Å². The molecule has 0 aliphatic carbocycles. The lowest BCUT2D eigenvalue weighted by Gasteiger charge is -2.16. The molecule has 0 aliphatic rings. The molecule has 1 atom stereocenters. The average Bonchev–Trinajstić information content (AvgIpc) is 3.20. The van der Waals surface area contributed by atoms with Gasteiger partial charge >= 0.3 is 0 Å². The number of fused-ring (bicyclic) bond motifs is 1. The number of hydrogen-bond donors (Lipinski definition) is 3. The van der Waals surface area contributed by atoms with Gasteiger partial charge in [0, 0.05) is 25.0 Å². The molecule has 3 heterocycles. The minimum Gasteiger partial charge on any atom is -0.396 e. The Bertz CT molecular complexity index is 1180. The first kappa shape index (κ1) is 22.0. The second kappa shape index (κ2) is 9.97. The second-order valence-corrected chi connectivity index (χ2v) is 8.56. The van der Waals surface area contributed by atoms with E-state index in [2.05, 4.69) is 32.5 Å². The summed E-state index contributed by atoms with van der Waals surface area (Å²) in [6.07, 6.45) is 5.21. The Morgan fingerprint density at radius 1 is 1.19 bits per heavy atom. The monoisotopic (exact) mass is 452 g/mol. The Labute approximate surface area is 189 Å². The van der Waals surface area contributed by atoms with Gasteiger partial charge in [0.25, 0.3) is 0 Å². The van der Waals surface area contributed by atoms with Crippen molar-refractivity contribution >= 4 is 39.0 Å². The van der Waals surface area contributed by atoms with E-state index in [4.69, 9.17) is 4.98 Å². The van der Waals surface area contributed by atoms with Crippen LogP contribution in [0.1, 0.15) is 25.5 Å². The lowest BCUT2D eigenvalue weighted by Crippen LogP contribution is -2.14. The number of benzene rings is 1. The number of nitrogens with one attached hydrogen (secondary N) is 2. The fraction of sp³-hybridized carbons (Fsp3) is 0.304. The fourth-order valence-corrected chi connectivity index (χ4v) is 4.44. The number of anilines is 3. The highest BCUT2D eigenvalue weighted by atomic mass is 32.1. The van der Waals surface area contributed by atoms with Crippen LogP contribution in [0.5, 0.6) is 0 Å². The summed E-state index contributed by atoms with van der Waals surface area (Å²) >= 11 is 1.56. The molecule has 0 spiro atoms. The quantitative estimate of drug-likeness (QED) is 0.323. The van der Waals surface area contributed by atoms with E-state index >= 15 is 0 Å². The maximum absolute atomic E-state index is 13.6. The van der Waals surface area contributed by atoms with Crippen molar-refractivity contribution in [3.05, 3.63) is 54.2 Å². The average molecular weight is 453 g/mol. The van der Waals surface area contributed by atoms with Crippen molar-refractivity contribution in [2.75, 3.05) is 23.8 Å². The zero-order chi connectivity index (χ0) is 22.5. The van der Waals surface area contributed by atoms with Crippen molar-refractivity contribution in [1.29, 1.82) is 0 Å². The van der Waals surface area contributed by atoms with Crippen LogP contribution in [0.15, 0.2) is 42.7 Å². The molecule has 32 heavy (non-hydrogen) atoms. The Morgan fingerprint density at radius 3 is 2.81 bits per heavy atom. The minimum absolute atomic E-state index is 0.158. The van der Waals surface area contributed by atoms with Gasteiger partial charge in [-0.2, -0.15) is 4.98 Å². The molecular formula is C23H25FN6OS. The summed E-state index contributed by atoms with van der Waals surface area (Å²) in [5.74, 6) is 0.916. The zero-order valence-electron chi connectivity index (χ0n) is 18.0. The van der Waals surface area contributed by atoms with E-state index in [0.717, 1.165) is 39.3 Å². The van der Waals surface area contributed by atoms with Gasteiger partial charge in [0.1, 0.15) is 22.2 Å². The summed E-state index contributed by atoms with van der Waals surface area (Å²) in [4.78, 5) is 18.2. The number of nitrogens with zero attached hydrogens (tertiary/aromatic N) is 4. The molecule has 4 rings (SSSR count). The SMILES string of the molecule is CCC(CO)CCNc1nc(Nc2cccc(F)c2)nc(C)c1-c1nc2cnccc2s1. The van der Waals surface area contributed by atoms with Crippen molar-refractivity contribution in [3.8, 4) is 10.6 Å². The summed E-state index contributed by atoms with van der Waals surface area (Å²) in [6.45, 7) is 4.78. The first-order valence-electron chi connectivity index (χ1n) is 10.5. The Morgan fingerprint density at radius 2 is 2.06 bits per heavy atom. The molecule has 0 fully saturated rings. The van der Waals surface area contributed by atoms with E-state index in [9.17, 15) is 9.50 Å². The minimum atomic E-state index is -0.334. The van der Waals surface area contributed by atoms with Gasteiger partial charge in [0.05, 0.1) is 22.2 Å². The molecule has 1 unspecified atom stereocenters. The van der Waals surface area contributed by atoms with Gasteiger partial charge in [0.2, 0.25) is 5.95 Å². The number of halogens is 1. The van der Waals surface area contributed by atoms with Crippen molar-refractivity contribution in [2.45, 2.75) is 26.7 Å². The number of aliphatic hydroxyl groups is 1. The van der Waals surface area contributed by atoms with Crippen molar-refractivity contribution in [2.24, 2.45) is 5.92 Å². The van der Waals surface area contributed by atoms with Crippen molar-refractivity contribution in [3.63, 3.8) is 0 Å². The van der Waals surface area contributed by atoms with Crippen LogP contribution in [0.25, 0.3) is 20.8 Å². The smallest absolute Gasteiger partial charge is 0.229 e.